The first-order valence-corrected chi connectivity index (χ1v) is 4.59. The summed E-state index contributed by atoms with van der Waals surface area (Å²) in [5, 5.41) is 0. The molecular weight excluding hydrogens is 274 g/mol. The predicted octanol–water partition coefficient (Wildman–Crippen LogP) is 1.89. The molecule has 1 amide bonds. The van der Waals surface area contributed by atoms with Gasteiger partial charge in [0.05, 0.1) is 12.7 Å². The molecule has 0 saturated carbocycles. The van der Waals surface area contributed by atoms with E-state index in [9.17, 15) is 13.6 Å². The fraction of sp³-hybridized carbons (Fsp3) is 0.250. The maximum Gasteiger partial charge on any atom is 0.266 e. The number of alkyl halides is 2. The third-order valence-corrected chi connectivity index (χ3v) is 2.30. The molecule has 15 heavy (non-hydrogen) atoms. The van der Waals surface area contributed by atoms with Crippen molar-refractivity contribution in [1.82, 2.24) is 4.98 Å². The smallest absolute Gasteiger partial charge is 0.266 e. The van der Waals surface area contributed by atoms with Crippen molar-refractivity contribution in [2.75, 3.05) is 7.11 Å². The normalized spacial score (nSPS) is 10.5. The second-order valence-corrected chi connectivity index (χ2v) is 3.34. The van der Waals surface area contributed by atoms with Crippen LogP contribution in [0.3, 0.4) is 0 Å². The molecule has 0 bridgehead atoms. The van der Waals surface area contributed by atoms with Gasteiger partial charge in [0.25, 0.3) is 12.3 Å². The summed E-state index contributed by atoms with van der Waals surface area (Å²) in [6.45, 7) is 0. The van der Waals surface area contributed by atoms with Gasteiger partial charge in [0.2, 0.25) is 5.88 Å². The Hall–Kier alpha value is -1.24. The number of methoxy groups -OCH3 is 1. The largest absolute Gasteiger partial charge is 0.480 e. The Balaban J connectivity index is 3.37. The van der Waals surface area contributed by atoms with Crippen LogP contribution in [0.4, 0.5) is 8.78 Å². The molecule has 2 N–H and O–H groups in total. The summed E-state index contributed by atoms with van der Waals surface area (Å²) in [5.74, 6) is -0.951. The van der Waals surface area contributed by atoms with Gasteiger partial charge in [-0.1, -0.05) is 0 Å². The summed E-state index contributed by atoms with van der Waals surface area (Å²) in [6.07, 6.45) is -2.74. The van der Waals surface area contributed by atoms with Crippen molar-refractivity contribution in [2.45, 2.75) is 6.43 Å². The number of carbonyl (C=O) groups excluding carboxylic acids is 1. The van der Waals surface area contributed by atoms with Gasteiger partial charge in [-0.25, -0.2) is 13.8 Å². The number of primary amides is 1. The van der Waals surface area contributed by atoms with E-state index in [-0.39, 0.29) is 16.0 Å². The Bertz CT molecular complexity index is 398. The maximum absolute atomic E-state index is 12.4. The fourth-order valence-electron chi connectivity index (χ4n) is 0.976. The van der Waals surface area contributed by atoms with Gasteiger partial charge >= 0.3 is 0 Å². The van der Waals surface area contributed by atoms with Gasteiger partial charge in [-0.05, 0) is 22.0 Å². The molecule has 0 saturated heterocycles. The highest BCUT2D eigenvalue weighted by molar-refractivity contribution is 9.10. The van der Waals surface area contributed by atoms with Gasteiger partial charge in [-0.3, -0.25) is 4.79 Å². The first kappa shape index (κ1) is 11.8. The highest BCUT2D eigenvalue weighted by Gasteiger charge is 2.19. The lowest BCUT2D eigenvalue weighted by Crippen LogP contribution is -2.14. The molecule has 0 aliphatic carbocycles. The van der Waals surface area contributed by atoms with E-state index in [1.54, 1.807) is 0 Å². The van der Waals surface area contributed by atoms with Crippen LogP contribution in [0.5, 0.6) is 5.88 Å². The highest BCUT2D eigenvalue weighted by Crippen LogP contribution is 2.30. The number of hydrogen-bond acceptors (Lipinski definition) is 3. The van der Waals surface area contributed by atoms with E-state index in [2.05, 4.69) is 20.9 Å². The van der Waals surface area contributed by atoms with Gasteiger partial charge in [0, 0.05) is 0 Å². The summed E-state index contributed by atoms with van der Waals surface area (Å²) in [5.41, 5.74) is 4.42. The van der Waals surface area contributed by atoms with E-state index in [4.69, 9.17) is 10.5 Å². The van der Waals surface area contributed by atoms with E-state index in [0.29, 0.717) is 0 Å². The van der Waals surface area contributed by atoms with Crippen LogP contribution in [0.15, 0.2) is 10.7 Å². The monoisotopic (exact) mass is 280 g/mol. The third kappa shape index (κ3) is 2.41. The van der Waals surface area contributed by atoms with Crippen LogP contribution in [0, 0.1) is 0 Å². The molecule has 0 fully saturated rings. The summed E-state index contributed by atoms with van der Waals surface area (Å²) in [7, 11) is 1.27. The zero-order chi connectivity index (χ0) is 11.6. The van der Waals surface area contributed by atoms with Crippen LogP contribution in [-0.2, 0) is 0 Å². The molecule has 0 aliphatic heterocycles. The Morgan fingerprint density at radius 1 is 1.67 bits per heavy atom. The second-order valence-electron chi connectivity index (χ2n) is 2.59. The number of nitrogens with two attached hydrogens (primary N) is 1. The molecular formula is C8H7BrF2N2O2. The van der Waals surface area contributed by atoms with Crippen LogP contribution in [-0.4, -0.2) is 18.0 Å². The van der Waals surface area contributed by atoms with Crippen molar-refractivity contribution < 1.29 is 18.3 Å². The number of carbonyl (C=O) groups is 1. The van der Waals surface area contributed by atoms with Crippen molar-refractivity contribution in [3.63, 3.8) is 0 Å². The molecule has 1 rings (SSSR count). The number of pyridine rings is 1. The van der Waals surface area contributed by atoms with E-state index in [0.717, 1.165) is 6.07 Å². The summed E-state index contributed by atoms with van der Waals surface area (Å²) in [4.78, 5) is 14.6. The van der Waals surface area contributed by atoms with Gasteiger partial charge in [0.1, 0.15) is 10.2 Å². The van der Waals surface area contributed by atoms with Crippen LogP contribution in [0.1, 0.15) is 22.3 Å². The maximum atomic E-state index is 12.4. The quantitative estimate of drug-likeness (QED) is 0.860. The summed E-state index contributed by atoms with van der Waals surface area (Å²) in [6, 6.07) is 0.961. The van der Waals surface area contributed by atoms with Crippen molar-refractivity contribution in [3.8, 4) is 5.88 Å². The Morgan fingerprint density at radius 2 is 2.27 bits per heavy atom. The van der Waals surface area contributed by atoms with Gasteiger partial charge in [0.15, 0.2) is 0 Å². The molecule has 0 atom stereocenters. The Kier molecular flexibility index (Phi) is 3.57. The first-order valence-electron chi connectivity index (χ1n) is 3.79. The molecule has 7 heteroatoms. The molecule has 1 aromatic heterocycles. The topological polar surface area (TPSA) is 65.2 Å². The molecule has 0 radical (unpaired) electrons. The van der Waals surface area contributed by atoms with E-state index in [1.807, 2.05) is 0 Å². The summed E-state index contributed by atoms with van der Waals surface area (Å²) < 4.78 is 29.6. The molecule has 4 nitrogen and oxygen atoms in total. The zero-order valence-corrected chi connectivity index (χ0v) is 9.22. The lowest BCUT2D eigenvalue weighted by Gasteiger charge is -2.08. The first-order chi connectivity index (χ1) is 6.97. The van der Waals surface area contributed by atoms with Crippen LogP contribution in [0.2, 0.25) is 0 Å². The average molecular weight is 281 g/mol. The molecule has 0 aliphatic rings. The van der Waals surface area contributed by atoms with E-state index < -0.39 is 17.9 Å². The van der Waals surface area contributed by atoms with Crippen LogP contribution in [0.25, 0.3) is 0 Å². The fourth-order valence-corrected chi connectivity index (χ4v) is 1.42. The minimum Gasteiger partial charge on any atom is -0.480 e. The van der Waals surface area contributed by atoms with Crippen molar-refractivity contribution in [2.24, 2.45) is 5.73 Å². The molecule has 0 spiro atoms. The van der Waals surface area contributed by atoms with Crippen molar-refractivity contribution >= 4 is 21.8 Å². The summed E-state index contributed by atoms with van der Waals surface area (Å²) >= 11 is 2.85. The molecule has 0 aromatic carbocycles. The van der Waals surface area contributed by atoms with Crippen molar-refractivity contribution in [3.05, 3.63) is 21.8 Å². The molecule has 1 aromatic rings. The number of nitrogens with zero attached hydrogens (tertiary/aromatic N) is 1. The lowest BCUT2D eigenvalue weighted by molar-refractivity contribution is 0.0996. The number of amides is 1. The van der Waals surface area contributed by atoms with Gasteiger partial charge in [-0.2, -0.15) is 0 Å². The van der Waals surface area contributed by atoms with Crippen LogP contribution < -0.4 is 10.5 Å². The Morgan fingerprint density at radius 3 is 2.67 bits per heavy atom. The Labute approximate surface area is 92.6 Å². The lowest BCUT2D eigenvalue weighted by atomic mass is 10.2. The third-order valence-electron chi connectivity index (χ3n) is 1.66. The number of hydrogen-bond donors (Lipinski definition) is 1. The van der Waals surface area contributed by atoms with Gasteiger partial charge in [-0.15, -0.1) is 0 Å². The number of ether oxygens (including phenoxy) is 1. The second kappa shape index (κ2) is 4.52. The number of aromatic nitrogens is 1. The average Bonchev–Trinajstić information content (AvgIpc) is 2.16. The zero-order valence-electron chi connectivity index (χ0n) is 7.63. The van der Waals surface area contributed by atoms with Gasteiger partial charge < -0.3 is 10.5 Å². The standard InChI is InChI=1S/C8H7BrF2N2O2/c1-15-8-4(7(12)14)2-3(6(10)11)5(9)13-8/h2,6H,1H3,(H2,12,14). The van der Waals surface area contributed by atoms with E-state index in [1.165, 1.54) is 7.11 Å². The molecule has 0 unspecified atom stereocenters. The highest BCUT2D eigenvalue weighted by atomic mass is 79.9. The van der Waals surface area contributed by atoms with E-state index >= 15 is 0 Å². The van der Waals surface area contributed by atoms with Crippen LogP contribution >= 0.6 is 15.9 Å². The minimum absolute atomic E-state index is 0.0700. The minimum atomic E-state index is -2.74. The predicted molar refractivity (Wildman–Crippen MR) is 52.0 cm³/mol. The number of rotatable bonds is 3. The molecule has 82 valence electrons. The SMILES string of the molecule is COc1nc(Br)c(C(F)F)cc1C(N)=O. The molecule has 1 heterocycles. The number of halogens is 3. The van der Waals surface area contributed by atoms with Crippen molar-refractivity contribution in [1.29, 1.82) is 0 Å².